The van der Waals surface area contributed by atoms with E-state index in [-0.39, 0.29) is 4.90 Å². The molecule has 0 bridgehead atoms. The Morgan fingerprint density at radius 1 is 1.12 bits per heavy atom. The summed E-state index contributed by atoms with van der Waals surface area (Å²) in [5.74, 6) is 1.64. The Labute approximate surface area is 195 Å². The maximum Gasteiger partial charge on any atom is 0.242 e. The zero-order valence-electron chi connectivity index (χ0n) is 19.6. The fraction of sp³-hybridized carbons (Fsp3) is 0.565. The van der Waals surface area contributed by atoms with Crippen LogP contribution in [-0.2, 0) is 22.3 Å². The van der Waals surface area contributed by atoms with Gasteiger partial charge in [0.05, 0.1) is 27.4 Å². The minimum Gasteiger partial charge on any atom is -0.328 e. The second-order valence-electron chi connectivity index (χ2n) is 8.73. The first kappa shape index (κ1) is 23.3. The molecule has 1 aromatic carbocycles. The molecule has 0 amide bonds. The minimum atomic E-state index is -3.49. The van der Waals surface area contributed by atoms with Gasteiger partial charge in [-0.15, -0.1) is 0 Å². The van der Waals surface area contributed by atoms with Crippen LogP contribution in [0.25, 0.3) is 11.0 Å². The van der Waals surface area contributed by atoms with E-state index < -0.39 is 10.0 Å². The molecule has 0 spiro atoms. The average molecular weight is 476 g/mol. The Bertz CT molecular complexity index is 1220. The number of aromatic nitrogens is 4. The lowest BCUT2D eigenvalue weighted by Crippen LogP contribution is -2.22. The van der Waals surface area contributed by atoms with Crippen LogP contribution in [-0.4, -0.2) is 45.9 Å². The molecule has 2 aromatic heterocycles. The van der Waals surface area contributed by atoms with Gasteiger partial charge in [-0.2, -0.15) is 0 Å². The van der Waals surface area contributed by atoms with Gasteiger partial charge in [-0.1, -0.05) is 31.0 Å². The van der Waals surface area contributed by atoms with Crippen LogP contribution in [0.15, 0.2) is 28.3 Å². The van der Waals surface area contributed by atoms with E-state index in [4.69, 9.17) is 9.97 Å². The predicted octanol–water partition coefficient (Wildman–Crippen LogP) is 4.92. The SMILES string of the molecule is CCn1c(CSc2nc(C)c(C)n2C2CCCCC2)nc2cc(S(=O)(=O)N(C)C)ccc21. The van der Waals surface area contributed by atoms with Gasteiger partial charge in [0, 0.05) is 32.4 Å². The standard InChI is InChI=1S/C23H33N5O2S2/c1-6-27-21-13-12-19(32(29,30)26(4)5)14-20(21)25-22(27)15-31-23-24-16(2)17(3)28(23)18-10-8-7-9-11-18/h12-14,18H,6-11,15H2,1-5H3. The number of imidazole rings is 2. The summed E-state index contributed by atoms with van der Waals surface area (Å²) < 4.78 is 30.9. The van der Waals surface area contributed by atoms with Gasteiger partial charge < -0.3 is 9.13 Å². The molecule has 0 unspecified atom stereocenters. The van der Waals surface area contributed by atoms with Gasteiger partial charge in [-0.25, -0.2) is 22.7 Å². The number of aryl methyl sites for hydroxylation is 2. The second-order valence-corrected chi connectivity index (χ2v) is 11.8. The largest absolute Gasteiger partial charge is 0.328 e. The molecule has 9 heteroatoms. The third-order valence-corrected chi connectivity index (χ3v) is 9.28. The fourth-order valence-corrected chi connectivity index (χ4v) is 6.62. The summed E-state index contributed by atoms with van der Waals surface area (Å²) in [6, 6.07) is 5.76. The first-order valence-electron chi connectivity index (χ1n) is 11.3. The highest BCUT2D eigenvalue weighted by atomic mass is 32.2. The molecule has 0 radical (unpaired) electrons. The summed E-state index contributed by atoms with van der Waals surface area (Å²) >= 11 is 1.73. The van der Waals surface area contributed by atoms with Gasteiger partial charge in [0.2, 0.25) is 10.0 Å². The quantitative estimate of drug-likeness (QED) is 0.454. The van der Waals surface area contributed by atoms with E-state index in [1.807, 2.05) is 6.07 Å². The summed E-state index contributed by atoms with van der Waals surface area (Å²) in [6.45, 7) is 7.14. The van der Waals surface area contributed by atoms with Crippen LogP contribution in [0, 0.1) is 13.8 Å². The van der Waals surface area contributed by atoms with Crippen molar-refractivity contribution in [3.8, 4) is 0 Å². The molecule has 7 nitrogen and oxygen atoms in total. The molecule has 4 rings (SSSR count). The molecule has 0 N–H and O–H groups in total. The molecule has 2 heterocycles. The summed E-state index contributed by atoms with van der Waals surface area (Å²) in [5.41, 5.74) is 4.04. The second kappa shape index (κ2) is 9.19. The number of fused-ring (bicyclic) bond motifs is 1. The van der Waals surface area contributed by atoms with Gasteiger partial charge in [-0.3, -0.25) is 0 Å². The molecule has 1 aliphatic rings. The van der Waals surface area contributed by atoms with Crippen LogP contribution >= 0.6 is 11.8 Å². The van der Waals surface area contributed by atoms with E-state index in [0.29, 0.717) is 17.3 Å². The first-order chi connectivity index (χ1) is 15.2. The van der Waals surface area contributed by atoms with Crippen molar-refractivity contribution in [2.45, 2.75) is 81.3 Å². The van der Waals surface area contributed by atoms with Gasteiger partial charge in [0.15, 0.2) is 5.16 Å². The number of hydrogen-bond donors (Lipinski definition) is 0. The number of thioether (sulfide) groups is 1. The summed E-state index contributed by atoms with van der Waals surface area (Å²) in [5, 5.41) is 1.07. The first-order valence-corrected chi connectivity index (χ1v) is 13.8. The highest BCUT2D eigenvalue weighted by molar-refractivity contribution is 7.98. The third-order valence-electron chi connectivity index (χ3n) is 6.52. The maximum atomic E-state index is 12.5. The van der Waals surface area contributed by atoms with Crippen molar-refractivity contribution in [1.82, 2.24) is 23.4 Å². The molecular weight excluding hydrogens is 442 g/mol. The molecule has 1 aliphatic carbocycles. The van der Waals surface area contributed by atoms with Gasteiger partial charge in [0.25, 0.3) is 0 Å². The Balaban J connectivity index is 1.65. The van der Waals surface area contributed by atoms with E-state index >= 15 is 0 Å². The number of hydrogen-bond acceptors (Lipinski definition) is 5. The summed E-state index contributed by atoms with van der Waals surface area (Å²) in [4.78, 5) is 9.98. The molecule has 0 saturated heterocycles. The van der Waals surface area contributed by atoms with Crippen molar-refractivity contribution < 1.29 is 8.42 Å². The van der Waals surface area contributed by atoms with Crippen molar-refractivity contribution in [1.29, 1.82) is 0 Å². The normalized spacial score (nSPS) is 15.8. The molecule has 1 fully saturated rings. The number of nitrogens with zero attached hydrogens (tertiary/aromatic N) is 5. The lowest BCUT2D eigenvalue weighted by molar-refractivity contribution is 0.332. The van der Waals surface area contributed by atoms with Crippen molar-refractivity contribution in [3.63, 3.8) is 0 Å². The lowest BCUT2D eigenvalue weighted by atomic mass is 9.95. The van der Waals surface area contributed by atoms with E-state index in [9.17, 15) is 8.42 Å². The number of benzene rings is 1. The molecule has 0 aliphatic heterocycles. The Kier molecular flexibility index (Phi) is 6.70. The highest BCUT2D eigenvalue weighted by Gasteiger charge is 2.23. The van der Waals surface area contributed by atoms with E-state index in [0.717, 1.165) is 28.7 Å². The van der Waals surface area contributed by atoms with Crippen LogP contribution in [0.1, 0.15) is 62.3 Å². The zero-order valence-corrected chi connectivity index (χ0v) is 21.3. The van der Waals surface area contributed by atoms with Crippen LogP contribution in [0.4, 0.5) is 0 Å². The Morgan fingerprint density at radius 2 is 1.84 bits per heavy atom. The van der Waals surface area contributed by atoms with Crippen LogP contribution < -0.4 is 0 Å². The number of rotatable bonds is 7. The van der Waals surface area contributed by atoms with Crippen LogP contribution in [0.2, 0.25) is 0 Å². The highest BCUT2D eigenvalue weighted by Crippen LogP contribution is 2.35. The van der Waals surface area contributed by atoms with Gasteiger partial charge >= 0.3 is 0 Å². The number of sulfonamides is 1. The molecular formula is C23H33N5O2S2. The Morgan fingerprint density at radius 3 is 2.50 bits per heavy atom. The summed E-state index contributed by atoms with van der Waals surface area (Å²) in [6.07, 6.45) is 6.35. The zero-order chi connectivity index (χ0) is 23.0. The topological polar surface area (TPSA) is 73.0 Å². The van der Waals surface area contributed by atoms with E-state index in [1.165, 1.54) is 42.1 Å². The molecule has 174 valence electrons. The molecule has 0 atom stereocenters. The molecule has 32 heavy (non-hydrogen) atoms. The minimum absolute atomic E-state index is 0.272. The fourth-order valence-electron chi connectivity index (χ4n) is 4.59. The van der Waals surface area contributed by atoms with Crippen molar-refractivity contribution in [2.24, 2.45) is 0 Å². The molecule has 3 aromatic rings. The van der Waals surface area contributed by atoms with Crippen LogP contribution in [0.5, 0.6) is 0 Å². The van der Waals surface area contributed by atoms with Crippen LogP contribution in [0.3, 0.4) is 0 Å². The predicted molar refractivity (Wildman–Crippen MR) is 130 cm³/mol. The van der Waals surface area contributed by atoms with Crippen molar-refractivity contribution >= 4 is 32.8 Å². The third kappa shape index (κ3) is 4.22. The van der Waals surface area contributed by atoms with E-state index in [1.54, 1.807) is 38.0 Å². The maximum absolute atomic E-state index is 12.5. The van der Waals surface area contributed by atoms with Gasteiger partial charge in [0.1, 0.15) is 5.82 Å². The van der Waals surface area contributed by atoms with Crippen molar-refractivity contribution in [3.05, 3.63) is 35.4 Å². The van der Waals surface area contributed by atoms with Crippen molar-refractivity contribution in [2.75, 3.05) is 14.1 Å². The van der Waals surface area contributed by atoms with E-state index in [2.05, 4.69) is 29.9 Å². The smallest absolute Gasteiger partial charge is 0.242 e. The monoisotopic (exact) mass is 475 g/mol. The summed E-state index contributed by atoms with van der Waals surface area (Å²) in [7, 11) is -0.396. The Hall–Kier alpha value is -1.84. The average Bonchev–Trinajstić information content (AvgIpc) is 3.28. The molecule has 1 saturated carbocycles. The van der Waals surface area contributed by atoms with Gasteiger partial charge in [-0.05, 0) is 51.8 Å². The lowest BCUT2D eigenvalue weighted by Gasteiger charge is -2.26.